The third-order valence-corrected chi connectivity index (χ3v) is 4.16. The molecule has 0 aliphatic carbocycles. The number of nitrogens with one attached hydrogen (secondary N) is 1. The quantitative estimate of drug-likeness (QED) is 0.831. The highest BCUT2D eigenvalue weighted by molar-refractivity contribution is 5.87. The van der Waals surface area contributed by atoms with Gasteiger partial charge in [-0.2, -0.15) is 0 Å². The molecule has 0 bridgehead atoms. The van der Waals surface area contributed by atoms with Gasteiger partial charge < -0.3 is 15.8 Å². The lowest BCUT2D eigenvalue weighted by atomic mass is 9.83. The number of methoxy groups -OCH3 is 1. The van der Waals surface area contributed by atoms with Crippen LogP contribution in [0.4, 0.5) is 5.69 Å². The van der Waals surface area contributed by atoms with Crippen LogP contribution in [0.1, 0.15) is 37.9 Å². The van der Waals surface area contributed by atoms with E-state index in [1.165, 1.54) is 0 Å². The van der Waals surface area contributed by atoms with Crippen LogP contribution in [0.15, 0.2) is 48.5 Å². The molecule has 1 amide bonds. The van der Waals surface area contributed by atoms with Crippen molar-refractivity contribution in [1.82, 2.24) is 5.32 Å². The molecule has 0 spiro atoms. The smallest absolute Gasteiger partial charge is 0.230 e. The Balaban J connectivity index is 2.11. The van der Waals surface area contributed by atoms with Gasteiger partial charge >= 0.3 is 0 Å². The molecule has 0 radical (unpaired) electrons. The fourth-order valence-corrected chi connectivity index (χ4v) is 2.38. The summed E-state index contributed by atoms with van der Waals surface area (Å²) in [6.45, 7) is 5.79. The highest BCUT2D eigenvalue weighted by atomic mass is 16.5. The maximum absolute atomic E-state index is 12.7. The lowest BCUT2D eigenvalue weighted by Gasteiger charge is -2.27. The molecule has 2 rings (SSSR count). The Labute approximate surface area is 137 Å². The standard InChI is InChI=1S/C19H24N2O2/c1-13(14-5-11-17(23-4)12-6-14)21-18(22)19(2,3)15-7-9-16(20)10-8-15/h5-13H,20H2,1-4H3,(H,21,22). The second-order valence-electron chi connectivity index (χ2n) is 6.22. The Morgan fingerprint density at radius 3 is 2.17 bits per heavy atom. The number of benzene rings is 2. The van der Waals surface area contributed by atoms with Crippen LogP contribution in [0, 0.1) is 0 Å². The molecule has 4 nitrogen and oxygen atoms in total. The van der Waals surface area contributed by atoms with Crippen LogP contribution in [0.25, 0.3) is 0 Å². The second-order valence-corrected chi connectivity index (χ2v) is 6.22. The highest BCUT2D eigenvalue weighted by Gasteiger charge is 2.30. The number of nitrogens with two attached hydrogens (primary N) is 1. The molecule has 2 aromatic carbocycles. The first-order valence-electron chi connectivity index (χ1n) is 7.65. The molecule has 0 heterocycles. The Morgan fingerprint density at radius 2 is 1.65 bits per heavy atom. The second kappa shape index (κ2) is 6.73. The van der Waals surface area contributed by atoms with E-state index in [9.17, 15) is 4.79 Å². The summed E-state index contributed by atoms with van der Waals surface area (Å²) in [5.41, 5.74) is 7.75. The lowest BCUT2D eigenvalue weighted by Crippen LogP contribution is -2.41. The Morgan fingerprint density at radius 1 is 1.09 bits per heavy atom. The van der Waals surface area contributed by atoms with Crippen molar-refractivity contribution >= 4 is 11.6 Å². The van der Waals surface area contributed by atoms with Crippen LogP contribution in [0.2, 0.25) is 0 Å². The van der Waals surface area contributed by atoms with Crippen LogP contribution < -0.4 is 15.8 Å². The number of anilines is 1. The molecular formula is C19H24N2O2. The number of ether oxygens (including phenoxy) is 1. The first-order valence-corrected chi connectivity index (χ1v) is 7.65. The summed E-state index contributed by atoms with van der Waals surface area (Å²) >= 11 is 0. The van der Waals surface area contributed by atoms with Gasteiger partial charge in [0.2, 0.25) is 5.91 Å². The number of hydrogen-bond acceptors (Lipinski definition) is 3. The van der Waals surface area contributed by atoms with E-state index in [2.05, 4.69) is 5.32 Å². The minimum atomic E-state index is -0.631. The maximum Gasteiger partial charge on any atom is 0.230 e. The Kier molecular flexibility index (Phi) is 4.94. The summed E-state index contributed by atoms with van der Waals surface area (Å²) < 4.78 is 5.15. The molecule has 0 saturated carbocycles. The van der Waals surface area contributed by atoms with Gasteiger partial charge in [-0.3, -0.25) is 4.79 Å². The number of amides is 1. The van der Waals surface area contributed by atoms with Crippen molar-refractivity contribution in [3.8, 4) is 5.75 Å². The van der Waals surface area contributed by atoms with Gasteiger partial charge in [-0.05, 0) is 56.2 Å². The van der Waals surface area contributed by atoms with Gasteiger partial charge in [0.1, 0.15) is 5.75 Å². The highest BCUT2D eigenvalue weighted by Crippen LogP contribution is 2.26. The van der Waals surface area contributed by atoms with E-state index in [1.807, 2.05) is 69.3 Å². The molecule has 4 heteroatoms. The van der Waals surface area contributed by atoms with Gasteiger partial charge in [-0.25, -0.2) is 0 Å². The monoisotopic (exact) mass is 312 g/mol. The summed E-state index contributed by atoms with van der Waals surface area (Å²) in [7, 11) is 1.63. The van der Waals surface area contributed by atoms with Crippen LogP contribution in [0.5, 0.6) is 5.75 Å². The third-order valence-electron chi connectivity index (χ3n) is 4.16. The van der Waals surface area contributed by atoms with Crippen LogP contribution in [-0.4, -0.2) is 13.0 Å². The van der Waals surface area contributed by atoms with Crippen LogP contribution in [-0.2, 0) is 10.2 Å². The number of nitrogen functional groups attached to an aromatic ring is 1. The van der Waals surface area contributed by atoms with Crippen molar-refractivity contribution in [3.63, 3.8) is 0 Å². The summed E-state index contributed by atoms with van der Waals surface area (Å²) in [5.74, 6) is 0.778. The molecule has 0 aliphatic rings. The molecule has 0 saturated heterocycles. The molecule has 3 N–H and O–H groups in total. The topological polar surface area (TPSA) is 64.3 Å². The summed E-state index contributed by atoms with van der Waals surface area (Å²) in [6, 6.07) is 15.0. The van der Waals surface area contributed by atoms with E-state index in [0.29, 0.717) is 5.69 Å². The van der Waals surface area contributed by atoms with Crippen molar-refractivity contribution in [2.75, 3.05) is 12.8 Å². The summed E-state index contributed by atoms with van der Waals surface area (Å²) in [6.07, 6.45) is 0. The molecule has 0 aromatic heterocycles. The number of rotatable bonds is 5. The van der Waals surface area contributed by atoms with Gasteiger partial charge in [0.15, 0.2) is 0 Å². The zero-order valence-electron chi connectivity index (χ0n) is 14.1. The average Bonchev–Trinajstić information content (AvgIpc) is 2.55. The van der Waals surface area contributed by atoms with E-state index in [0.717, 1.165) is 16.9 Å². The van der Waals surface area contributed by atoms with Crippen molar-refractivity contribution in [1.29, 1.82) is 0 Å². The molecule has 1 atom stereocenters. The lowest BCUT2D eigenvalue weighted by molar-refractivity contribution is -0.126. The normalized spacial score (nSPS) is 12.5. The minimum Gasteiger partial charge on any atom is -0.497 e. The van der Waals surface area contributed by atoms with E-state index in [1.54, 1.807) is 7.11 Å². The predicted octanol–water partition coefficient (Wildman–Crippen LogP) is 3.43. The van der Waals surface area contributed by atoms with Crippen molar-refractivity contribution in [2.45, 2.75) is 32.2 Å². The number of carbonyl (C=O) groups is 1. The van der Waals surface area contributed by atoms with E-state index >= 15 is 0 Å². The van der Waals surface area contributed by atoms with Gasteiger partial charge in [0.05, 0.1) is 18.6 Å². The number of carbonyl (C=O) groups excluding carboxylic acids is 1. The van der Waals surface area contributed by atoms with Gasteiger partial charge in [0.25, 0.3) is 0 Å². The van der Waals surface area contributed by atoms with Gasteiger partial charge in [-0.15, -0.1) is 0 Å². The molecular weight excluding hydrogens is 288 g/mol. The SMILES string of the molecule is COc1ccc(C(C)NC(=O)C(C)(C)c2ccc(N)cc2)cc1. The molecule has 0 aliphatic heterocycles. The van der Waals surface area contributed by atoms with E-state index in [-0.39, 0.29) is 11.9 Å². The third kappa shape index (κ3) is 3.83. The molecule has 2 aromatic rings. The van der Waals surface area contributed by atoms with Crippen molar-refractivity contribution in [3.05, 3.63) is 59.7 Å². The zero-order chi connectivity index (χ0) is 17.0. The summed E-state index contributed by atoms with van der Waals surface area (Å²) in [4.78, 5) is 12.7. The Hall–Kier alpha value is -2.49. The fourth-order valence-electron chi connectivity index (χ4n) is 2.38. The predicted molar refractivity (Wildman–Crippen MR) is 93.4 cm³/mol. The van der Waals surface area contributed by atoms with Crippen LogP contribution in [0.3, 0.4) is 0 Å². The summed E-state index contributed by atoms with van der Waals surface area (Å²) in [5, 5.41) is 3.08. The van der Waals surface area contributed by atoms with Crippen LogP contribution >= 0.6 is 0 Å². The minimum absolute atomic E-state index is 0.0226. The molecule has 122 valence electrons. The molecule has 0 fully saturated rings. The Bertz CT molecular complexity index is 661. The average molecular weight is 312 g/mol. The fraction of sp³-hybridized carbons (Fsp3) is 0.316. The van der Waals surface area contributed by atoms with Gasteiger partial charge in [0, 0.05) is 5.69 Å². The molecule has 1 unspecified atom stereocenters. The first kappa shape index (κ1) is 16.9. The maximum atomic E-state index is 12.7. The van der Waals surface area contributed by atoms with Crippen molar-refractivity contribution in [2.24, 2.45) is 0 Å². The van der Waals surface area contributed by atoms with E-state index < -0.39 is 5.41 Å². The molecule has 23 heavy (non-hydrogen) atoms. The van der Waals surface area contributed by atoms with E-state index in [4.69, 9.17) is 10.5 Å². The number of hydrogen-bond donors (Lipinski definition) is 2. The largest absolute Gasteiger partial charge is 0.497 e. The van der Waals surface area contributed by atoms with Gasteiger partial charge in [-0.1, -0.05) is 24.3 Å². The zero-order valence-corrected chi connectivity index (χ0v) is 14.1. The first-order chi connectivity index (χ1) is 10.8. The van der Waals surface area contributed by atoms with Crippen molar-refractivity contribution < 1.29 is 9.53 Å².